The fraction of sp³-hybridized carbons (Fsp3) is 0.370. The lowest BCUT2D eigenvalue weighted by Gasteiger charge is -2.26. The Morgan fingerprint density at radius 1 is 1.08 bits per heavy atom. The highest BCUT2D eigenvalue weighted by Gasteiger charge is 2.34. The predicted octanol–water partition coefficient (Wildman–Crippen LogP) is 2.78. The van der Waals surface area contributed by atoms with Gasteiger partial charge >= 0.3 is 5.97 Å². The van der Waals surface area contributed by atoms with E-state index in [-0.39, 0.29) is 17.7 Å². The second-order valence-corrected chi connectivity index (χ2v) is 9.66. The number of fused-ring (bicyclic) bond motifs is 1. The number of nitrogens with zero attached hydrogens (tertiary/aromatic N) is 3. The van der Waals surface area contributed by atoms with Crippen molar-refractivity contribution in [3.63, 3.8) is 0 Å². The van der Waals surface area contributed by atoms with Gasteiger partial charge in [-0.3, -0.25) is 9.36 Å². The molecule has 1 aliphatic rings. The molecule has 10 heteroatoms. The molecule has 37 heavy (non-hydrogen) atoms. The smallest absolute Gasteiger partial charge is 0.338 e. The average molecular weight is 526 g/mol. The van der Waals surface area contributed by atoms with Gasteiger partial charge in [0.2, 0.25) is 5.75 Å². The number of allylic oxidation sites excluding steroid dienone is 1. The molecule has 1 aliphatic heterocycles. The second-order valence-electron chi connectivity index (χ2n) is 8.65. The van der Waals surface area contributed by atoms with Crippen molar-refractivity contribution in [2.24, 2.45) is 12.0 Å². The third-order valence-corrected chi connectivity index (χ3v) is 7.60. The third kappa shape index (κ3) is 4.46. The van der Waals surface area contributed by atoms with Crippen LogP contribution in [0.3, 0.4) is 0 Å². The molecule has 0 spiro atoms. The summed E-state index contributed by atoms with van der Waals surface area (Å²) in [5, 5.41) is 0. The number of ether oxygens (including phenoxy) is 4. The third-order valence-electron chi connectivity index (χ3n) is 6.62. The van der Waals surface area contributed by atoms with Gasteiger partial charge in [0.1, 0.15) is 0 Å². The Balaban J connectivity index is 2.03. The number of benzene rings is 1. The Bertz CT molecular complexity index is 1570. The molecule has 3 aromatic rings. The molecule has 2 aromatic heterocycles. The molecule has 0 bridgehead atoms. The fourth-order valence-corrected chi connectivity index (χ4v) is 5.58. The van der Waals surface area contributed by atoms with Gasteiger partial charge in [-0.05, 0) is 63.1 Å². The molecule has 4 rings (SSSR count). The fourth-order valence-electron chi connectivity index (χ4n) is 4.54. The number of aryl methyl sites for hydroxylation is 1. The highest BCUT2D eigenvalue weighted by molar-refractivity contribution is 7.07. The van der Waals surface area contributed by atoms with Gasteiger partial charge < -0.3 is 23.5 Å². The Hall–Kier alpha value is -3.79. The zero-order chi connectivity index (χ0) is 27.0. The van der Waals surface area contributed by atoms with Crippen LogP contribution in [0.5, 0.6) is 17.2 Å². The summed E-state index contributed by atoms with van der Waals surface area (Å²) in [7, 11) is 6.54. The van der Waals surface area contributed by atoms with Gasteiger partial charge in [0, 0.05) is 18.4 Å². The summed E-state index contributed by atoms with van der Waals surface area (Å²) < 4.78 is 26.1. The molecule has 0 aliphatic carbocycles. The summed E-state index contributed by atoms with van der Waals surface area (Å²) in [5.74, 6) is 0.695. The first-order chi connectivity index (χ1) is 17.7. The molecular formula is C27H31N3O6S. The van der Waals surface area contributed by atoms with Crippen molar-refractivity contribution in [1.82, 2.24) is 9.13 Å². The van der Waals surface area contributed by atoms with Gasteiger partial charge in [0.25, 0.3) is 5.56 Å². The van der Waals surface area contributed by atoms with Crippen molar-refractivity contribution in [1.29, 1.82) is 0 Å². The van der Waals surface area contributed by atoms with E-state index < -0.39 is 12.0 Å². The summed E-state index contributed by atoms with van der Waals surface area (Å²) in [6.45, 7) is 7.71. The van der Waals surface area contributed by atoms with E-state index in [0.717, 1.165) is 17.0 Å². The monoisotopic (exact) mass is 525 g/mol. The molecule has 0 saturated heterocycles. The van der Waals surface area contributed by atoms with Crippen molar-refractivity contribution in [3.05, 3.63) is 71.7 Å². The SMILES string of the molecule is CCOC(=O)C1=C(C)N=c2s/c(=C/c3cc(C)n(C)c3C)c(=O)n2[C@H]1c1cc(OC)c(OC)c(OC)c1. The zero-order valence-corrected chi connectivity index (χ0v) is 23.1. The van der Waals surface area contributed by atoms with Crippen LogP contribution >= 0.6 is 11.3 Å². The largest absolute Gasteiger partial charge is 0.493 e. The topological polar surface area (TPSA) is 93.3 Å². The number of aromatic nitrogens is 2. The van der Waals surface area contributed by atoms with Crippen LogP contribution in [-0.2, 0) is 16.6 Å². The number of hydrogen-bond donors (Lipinski definition) is 0. The lowest BCUT2D eigenvalue weighted by Crippen LogP contribution is -2.40. The summed E-state index contributed by atoms with van der Waals surface area (Å²) in [4.78, 5) is 32.2. The molecule has 0 N–H and O–H groups in total. The average Bonchev–Trinajstić information content (AvgIpc) is 3.31. The van der Waals surface area contributed by atoms with E-state index in [9.17, 15) is 9.59 Å². The summed E-state index contributed by atoms with van der Waals surface area (Å²) in [6.07, 6.45) is 1.88. The van der Waals surface area contributed by atoms with Crippen LogP contribution in [0.1, 0.15) is 42.4 Å². The minimum absolute atomic E-state index is 0.189. The number of thiazole rings is 1. The van der Waals surface area contributed by atoms with Gasteiger partial charge in [0.05, 0.1) is 49.8 Å². The second kappa shape index (κ2) is 10.3. The number of rotatable bonds is 7. The van der Waals surface area contributed by atoms with Crippen LogP contribution in [0.25, 0.3) is 6.08 Å². The normalized spacial score (nSPS) is 15.4. The van der Waals surface area contributed by atoms with Crippen LogP contribution in [0.2, 0.25) is 0 Å². The highest BCUT2D eigenvalue weighted by Crippen LogP contribution is 2.42. The lowest BCUT2D eigenvalue weighted by atomic mass is 9.95. The summed E-state index contributed by atoms with van der Waals surface area (Å²) >= 11 is 1.28. The molecule has 1 aromatic carbocycles. The molecule has 0 radical (unpaired) electrons. The molecule has 9 nitrogen and oxygen atoms in total. The van der Waals surface area contributed by atoms with Crippen LogP contribution in [0.15, 0.2) is 39.3 Å². The highest BCUT2D eigenvalue weighted by atomic mass is 32.1. The molecule has 1 atom stereocenters. The van der Waals surface area contributed by atoms with E-state index in [0.29, 0.717) is 37.8 Å². The van der Waals surface area contributed by atoms with Gasteiger partial charge in [-0.15, -0.1) is 0 Å². The van der Waals surface area contributed by atoms with Crippen molar-refractivity contribution in [3.8, 4) is 17.2 Å². The van der Waals surface area contributed by atoms with Crippen LogP contribution < -0.4 is 29.1 Å². The van der Waals surface area contributed by atoms with Gasteiger partial charge in [0.15, 0.2) is 16.3 Å². The van der Waals surface area contributed by atoms with Gasteiger partial charge in [-0.25, -0.2) is 9.79 Å². The molecule has 0 unspecified atom stereocenters. The molecule has 3 heterocycles. The summed E-state index contributed by atoms with van der Waals surface area (Å²) in [5.41, 5.74) is 4.21. The summed E-state index contributed by atoms with van der Waals surface area (Å²) in [6, 6.07) is 4.72. The van der Waals surface area contributed by atoms with Crippen LogP contribution in [-0.4, -0.2) is 43.0 Å². The van der Waals surface area contributed by atoms with E-state index in [4.69, 9.17) is 18.9 Å². The molecule has 0 saturated carbocycles. The number of carbonyl (C=O) groups is 1. The Kier molecular flexibility index (Phi) is 7.31. The minimum Gasteiger partial charge on any atom is -0.493 e. The van der Waals surface area contributed by atoms with E-state index in [2.05, 4.69) is 9.56 Å². The predicted molar refractivity (Wildman–Crippen MR) is 141 cm³/mol. The number of esters is 1. The Labute approximate surface area is 218 Å². The first-order valence-corrected chi connectivity index (χ1v) is 12.6. The molecule has 196 valence electrons. The van der Waals surface area contributed by atoms with Crippen molar-refractivity contribution in [2.75, 3.05) is 27.9 Å². The van der Waals surface area contributed by atoms with Gasteiger partial charge in [-0.2, -0.15) is 0 Å². The van der Waals surface area contributed by atoms with Crippen LogP contribution in [0, 0.1) is 13.8 Å². The Morgan fingerprint density at radius 3 is 2.24 bits per heavy atom. The van der Waals surface area contributed by atoms with E-state index >= 15 is 0 Å². The molecule has 0 fully saturated rings. The number of hydrogen-bond acceptors (Lipinski definition) is 8. The van der Waals surface area contributed by atoms with Crippen molar-refractivity contribution < 1.29 is 23.7 Å². The van der Waals surface area contributed by atoms with Crippen LogP contribution in [0.4, 0.5) is 0 Å². The van der Waals surface area contributed by atoms with Gasteiger partial charge in [-0.1, -0.05) is 11.3 Å². The zero-order valence-electron chi connectivity index (χ0n) is 22.3. The first-order valence-electron chi connectivity index (χ1n) is 11.8. The lowest BCUT2D eigenvalue weighted by molar-refractivity contribution is -0.139. The maximum atomic E-state index is 13.9. The number of carbonyl (C=O) groups excluding carboxylic acids is 1. The first kappa shape index (κ1) is 26.3. The standard InChI is InChI=1S/C27H31N3O6S/c1-9-36-26(32)22-15(3)28-27-30(23(22)18-11-19(33-6)24(35-8)20(12-18)34-7)25(31)21(37-27)13-17-10-14(2)29(5)16(17)4/h10-13,23H,9H2,1-8H3/b21-13+/t23-/m0/s1. The maximum Gasteiger partial charge on any atom is 0.338 e. The Morgan fingerprint density at radius 2 is 1.73 bits per heavy atom. The van der Waals surface area contributed by atoms with Crippen molar-refractivity contribution >= 4 is 23.4 Å². The van der Waals surface area contributed by atoms with E-state index in [1.54, 1.807) is 30.5 Å². The molecular weight excluding hydrogens is 494 g/mol. The van der Waals surface area contributed by atoms with E-state index in [1.807, 2.05) is 33.0 Å². The molecule has 0 amide bonds. The van der Waals surface area contributed by atoms with E-state index in [1.165, 1.54) is 32.7 Å². The minimum atomic E-state index is -0.801. The number of methoxy groups -OCH3 is 3. The maximum absolute atomic E-state index is 13.9. The quantitative estimate of drug-likeness (QED) is 0.441. The van der Waals surface area contributed by atoms with Crippen molar-refractivity contribution in [2.45, 2.75) is 33.7 Å².